The van der Waals surface area contributed by atoms with Crippen molar-refractivity contribution in [1.29, 1.82) is 0 Å². The number of nitrogens with zero attached hydrogens (tertiary/aromatic N) is 5. The minimum atomic E-state index is -3.51. The normalized spacial score (nSPS) is 15.5. The first-order chi connectivity index (χ1) is 14.2. The number of aromatic nitrogens is 4. The number of amides is 1. The molecule has 0 bridgehead atoms. The van der Waals surface area contributed by atoms with E-state index in [9.17, 15) is 17.6 Å². The van der Waals surface area contributed by atoms with Gasteiger partial charge in [0.25, 0.3) is 0 Å². The zero-order valence-electron chi connectivity index (χ0n) is 16.0. The molecule has 158 valence electrons. The number of fused-ring (bicyclic) bond motifs is 1. The molecule has 3 aromatic rings. The minimum Gasteiger partial charge on any atom is -0.465 e. The van der Waals surface area contributed by atoms with E-state index in [-0.39, 0.29) is 16.6 Å². The lowest BCUT2D eigenvalue weighted by atomic mass is 10.1. The van der Waals surface area contributed by atoms with E-state index in [0.29, 0.717) is 42.8 Å². The third-order valence-corrected chi connectivity index (χ3v) is 6.20. The summed E-state index contributed by atoms with van der Waals surface area (Å²) in [6.07, 6.45) is 4.20. The Kier molecular flexibility index (Phi) is 5.02. The number of hydrogen-bond donors (Lipinski definition) is 2. The van der Waals surface area contributed by atoms with Crippen molar-refractivity contribution < 1.29 is 22.7 Å². The van der Waals surface area contributed by atoms with Gasteiger partial charge in [-0.2, -0.15) is 5.10 Å². The second-order valence-corrected chi connectivity index (χ2v) is 9.10. The first-order valence-corrected chi connectivity index (χ1v) is 11.1. The Morgan fingerprint density at radius 1 is 1.27 bits per heavy atom. The highest BCUT2D eigenvalue weighted by Gasteiger charge is 2.26. The van der Waals surface area contributed by atoms with Gasteiger partial charge < -0.3 is 15.3 Å². The van der Waals surface area contributed by atoms with Crippen LogP contribution in [0.1, 0.15) is 18.9 Å². The quantitative estimate of drug-likeness (QED) is 0.640. The lowest BCUT2D eigenvalue weighted by Gasteiger charge is -2.30. The van der Waals surface area contributed by atoms with Crippen molar-refractivity contribution in [3.8, 4) is 0 Å². The molecule has 4 rings (SSSR count). The van der Waals surface area contributed by atoms with Crippen LogP contribution in [0.3, 0.4) is 0 Å². The Morgan fingerprint density at radius 3 is 2.63 bits per heavy atom. The Morgan fingerprint density at radius 2 is 2.00 bits per heavy atom. The standard InChI is InChI=1S/C18H19FN6O4S/c1-30(28,29)12-2-3-15(14(19)8-12)23-16-13-9-22-25(17(13)21-10-20-16)11-4-6-24(7-5-11)18(26)27/h2-3,8-11H,4-7H2,1H3,(H,26,27)(H,20,21,23). The van der Waals surface area contributed by atoms with Crippen LogP contribution in [-0.2, 0) is 9.84 Å². The van der Waals surface area contributed by atoms with Gasteiger partial charge in [0.05, 0.1) is 28.2 Å². The highest BCUT2D eigenvalue weighted by Crippen LogP contribution is 2.29. The summed E-state index contributed by atoms with van der Waals surface area (Å²) < 4.78 is 39.3. The second kappa shape index (κ2) is 7.52. The molecule has 0 spiro atoms. The highest BCUT2D eigenvalue weighted by molar-refractivity contribution is 7.90. The predicted molar refractivity (Wildman–Crippen MR) is 106 cm³/mol. The smallest absolute Gasteiger partial charge is 0.407 e. The van der Waals surface area contributed by atoms with Crippen LogP contribution in [0.15, 0.2) is 35.6 Å². The number of carboxylic acid groups (broad SMARTS) is 1. The monoisotopic (exact) mass is 434 g/mol. The number of likely N-dealkylation sites (tertiary alicyclic amines) is 1. The van der Waals surface area contributed by atoms with Gasteiger partial charge in [0.2, 0.25) is 0 Å². The minimum absolute atomic E-state index is 0.00775. The van der Waals surface area contributed by atoms with Crippen molar-refractivity contribution in [3.05, 3.63) is 36.5 Å². The maximum atomic E-state index is 14.4. The van der Waals surface area contributed by atoms with E-state index in [2.05, 4.69) is 20.4 Å². The molecular weight excluding hydrogens is 415 g/mol. The molecular formula is C18H19FN6O4S. The molecule has 1 aliphatic rings. The molecule has 30 heavy (non-hydrogen) atoms. The van der Waals surface area contributed by atoms with E-state index in [1.54, 1.807) is 10.9 Å². The summed E-state index contributed by atoms with van der Waals surface area (Å²) in [5.41, 5.74) is 0.624. The van der Waals surface area contributed by atoms with E-state index < -0.39 is 21.7 Å². The number of nitrogens with one attached hydrogen (secondary N) is 1. The molecule has 1 amide bonds. The Labute approximate surface area is 171 Å². The van der Waals surface area contributed by atoms with Gasteiger partial charge in [-0.3, -0.25) is 0 Å². The molecule has 0 aliphatic carbocycles. The maximum absolute atomic E-state index is 14.4. The molecule has 2 N–H and O–H groups in total. The third-order valence-electron chi connectivity index (χ3n) is 5.09. The van der Waals surface area contributed by atoms with Gasteiger partial charge >= 0.3 is 6.09 Å². The maximum Gasteiger partial charge on any atom is 0.407 e. The van der Waals surface area contributed by atoms with Crippen LogP contribution in [0.2, 0.25) is 0 Å². The zero-order chi connectivity index (χ0) is 21.5. The predicted octanol–water partition coefficient (Wildman–Crippen LogP) is 2.43. The van der Waals surface area contributed by atoms with Crippen LogP contribution in [0.5, 0.6) is 0 Å². The van der Waals surface area contributed by atoms with E-state index in [1.165, 1.54) is 23.4 Å². The van der Waals surface area contributed by atoms with Gasteiger partial charge in [-0.15, -0.1) is 0 Å². The van der Waals surface area contributed by atoms with E-state index in [4.69, 9.17) is 5.11 Å². The number of piperidine rings is 1. The van der Waals surface area contributed by atoms with Crippen molar-refractivity contribution in [3.63, 3.8) is 0 Å². The summed E-state index contributed by atoms with van der Waals surface area (Å²) >= 11 is 0. The van der Waals surface area contributed by atoms with Crippen LogP contribution in [-0.4, -0.2) is 63.6 Å². The van der Waals surface area contributed by atoms with Crippen molar-refractivity contribution in [2.24, 2.45) is 0 Å². The summed E-state index contributed by atoms with van der Waals surface area (Å²) in [5, 5.41) is 16.9. The van der Waals surface area contributed by atoms with Gasteiger partial charge in [0.15, 0.2) is 15.5 Å². The first kappa shape index (κ1) is 20.0. The Bertz CT molecular complexity index is 1220. The van der Waals surface area contributed by atoms with E-state index >= 15 is 0 Å². The molecule has 1 aromatic carbocycles. The van der Waals surface area contributed by atoms with Gasteiger partial charge in [-0.1, -0.05) is 0 Å². The summed E-state index contributed by atoms with van der Waals surface area (Å²) in [7, 11) is -3.51. The van der Waals surface area contributed by atoms with Gasteiger partial charge in [-0.05, 0) is 31.0 Å². The van der Waals surface area contributed by atoms with Gasteiger partial charge in [-0.25, -0.2) is 32.3 Å². The van der Waals surface area contributed by atoms with Crippen LogP contribution in [0.4, 0.5) is 20.7 Å². The van der Waals surface area contributed by atoms with Crippen LogP contribution >= 0.6 is 0 Å². The average Bonchev–Trinajstić information content (AvgIpc) is 3.14. The molecule has 1 saturated heterocycles. The lowest BCUT2D eigenvalue weighted by molar-refractivity contribution is 0.124. The van der Waals surface area contributed by atoms with Crippen LogP contribution in [0, 0.1) is 5.82 Å². The number of rotatable bonds is 4. The molecule has 2 aromatic heterocycles. The molecule has 0 saturated carbocycles. The van der Waals surface area contributed by atoms with E-state index in [0.717, 1.165) is 12.3 Å². The molecule has 3 heterocycles. The van der Waals surface area contributed by atoms with Crippen LogP contribution in [0.25, 0.3) is 11.0 Å². The van der Waals surface area contributed by atoms with Crippen molar-refractivity contribution in [2.75, 3.05) is 24.7 Å². The largest absolute Gasteiger partial charge is 0.465 e. The summed E-state index contributed by atoms with van der Waals surface area (Å²) in [5.74, 6) is -0.390. The summed E-state index contributed by atoms with van der Waals surface area (Å²) in [6, 6.07) is 3.60. The fraction of sp³-hybridized carbons (Fsp3) is 0.333. The summed E-state index contributed by atoms with van der Waals surface area (Å²) in [6.45, 7) is 0.824. The van der Waals surface area contributed by atoms with Crippen LogP contribution < -0.4 is 5.32 Å². The molecule has 0 unspecified atom stereocenters. The lowest BCUT2D eigenvalue weighted by Crippen LogP contribution is -2.38. The molecule has 0 atom stereocenters. The van der Waals surface area contributed by atoms with Crippen molar-refractivity contribution >= 4 is 38.5 Å². The number of sulfone groups is 1. The number of halogens is 1. The number of benzene rings is 1. The molecule has 12 heteroatoms. The second-order valence-electron chi connectivity index (χ2n) is 7.09. The fourth-order valence-corrected chi connectivity index (χ4v) is 4.12. The Balaban J connectivity index is 1.61. The number of carbonyl (C=O) groups is 1. The van der Waals surface area contributed by atoms with Crippen molar-refractivity contribution in [2.45, 2.75) is 23.8 Å². The Hall–Kier alpha value is -3.28. The van der Waals surface area contributed by atoms with Crippen molar-refractivity contribution in [1.82, 2.24) is 24.6 Å². The number of hydrogen-bond acceptors (Lipinski definition) is 7. The molecule has 1 fully saturated rings. The molecule has 10 nitrogen and oxygen atoms in total. The van der Waals surface area contributed by atoms with Gasteiger partial charge in [0, 0.05) is 19.3 Å². The SMILES string of the molecule is CS(=O)(=O)c1ccc(Nc2ncnc3c2cnn3C2CCN(C(=O)O)CC2)c(F)c1. The fourth-order valence-electron chi connectivity index (χ4n) is 3.49. The first-order valence-electron chi connectivity index (χ1n) is 9.17. The summed E-state index contributed by atoms with van der Waals surface area (Å²) in [4.78, 5) is 20.8. The van der Waals surface area contributed by atoms with Gasteiger partial charge in [0.1, 0.15) is 18.0 Å². The highest BCUT2D eigenvalue weighted by atomic mass is 32.2. The third kappa shape index (κ3) is 3.77. The topological polar surface area (TPSA) is 130 Å². The molecule has 1 aliphatic heterocycles. The number of anilines is 2. The van der Waals surface area contributed by atoms with E-state index in [1.807, 2.05) is 0 Å². The average molecular weight is 434 g/mol. The zero-order valence-corrected chi connectivity index (χ0v) is 16.8. The molecule has 0 radical (unpaired) electrons.